The number of hydrogen-bond acceptors (Lipinski definition) is 5. The maximum atomic E-state index is 12.5. The lowest BCUT2D eigenvalue weighted by Gasteiger charge is -2.36. The zero-order valence-corrected chi connectivity index (χ0v) is 14.3. The molecule has 2 fully saturated rings. The lowest BCUT2D eigenvalue weighted by molar-refractivity contribution is 0.0704. The fourth-order valence-electron chi connectivity index (χ4n) is 3.04. The van der Waals surface area contributed by atoms with Crippen molar-refractivity contribution in [3.63, 3.8) is 0 Å². The summed E-state index contributed by atoms with van der Waals surface area (Å²) >= 11 is 6.21. The molecule has 2 aromatic rings. The van der Waals surface area contributed by atoms with E-state index in [-0.39, 0.29) is 11.8 Å². The third-order valence-corrected chi connectivity index (χ3v) is 5.11. The fourth-order valence-corrected chi connectivity index (χ4v) is 3.21. The van der Waals surface area contributed by atoms with Crippen molar-refractivity contribution in [2.24, 2.45) is 0 Å². The summed E-state index contributed by atoms with van der Waals surface area (Å²) in [5, 5.41) is 8.67. The zero-order valence-electron chi connectivity index (χ0n) is 13.5. The maximum Gasteiger partial charge on any atom is 0.311 e. The number of carbonyl (C=O) groups excluding carboxylic acids is 1. The van der Waals surface area contributed by atoms with Gasteiger partial charge in [-0.2, -0.15) is 0 Å². The van der Waals surface area contributed by atoms with Crippen LogP contribution in [0.5, 0.6) is 0 Å². The molecule has 1 aliphatic heterocycles. The van der Waals surface area contributed by atoms with Crippen molar-refractivity contribution in [1.82, 2.24) is 15.1 Å². The number of carbonyl (C=O) groups is 1. The third-order valence-electron chi connectivity index (χ3n) is 4.70. The summed E-state index contributed by atoms with van der Waals surface area (Å²) < 4.78 is 5.52. The molecule has 126 valence electrons. The highest BCUT2D eigenvalue weighted by Gasteiger charge is 2.32. The molecule has 4 rings (SSSR count). The number of halogens is 1. The van der Waals surface area contributed by atoms with Crippen LogP contribution in [0.15, 0.2) is 22.6 Å². The van der Waals surface area contributed by atoms with Crippen molar-refractivity contribution >= 4 is 23.2 Å². The van der Waals surface area contributed by atoms with Gasteiger partial charge in [-0.15, -0.1) is 10.2 Å². The maximum absolute atomic E-state index is 12.5. The van der Waals surface area contributed by atoms with Gasteiger partial charge >= 0.3 is 11.8 Å². The van der Waals surface area contributed by atoms with Crippen LogP contribution in [0.2, 0.25) is 5.02 Å². The lowest BCUT2D eigenvalue weighted by atomic mass is 10.1. The van der Waals surface area contributed by atoms with Gasteiger partial charge in [0.2, 0.25) is 5.89 Å². The van der Waals surface area contributed by atoms with Crippen molar-refractivity contribution < 1.29 is 9.21 Å². The van der Waals surface area contributed by atoms with Gasteiger partial charge in [-0.3, -0.25) is 4.79 Å². The summed E-state index contributed by atoms with van der Waals surface area (Å²) in [5.74, 6) is 0.911. The summed E-state index contributed by atoms with van der Waals surface area (Å²) in [4.78, 5) is 16.5. The van der Waals surface area contributed by atoms with E-state index in [4.69, 9.17) is 16.0 Å². The number of aromatic nitrogens is 2. The Hall–Kier alpha value is -2.08. The Kier molecular flexibility index (Phi) is 3.92. The summed E-state index contributed by atoms with van der Waals surface area (Å²) in [6, 6.07) is 5.92. The topological polar surface area (TPSA) is 62.5 Å². The van der Waals surface area contributed by atoms with Crippen LogP contribution in [0, 0.1) is 6.92 Å². The molecule has 0 N–H and O–H groups in total. The Bertz CT molecular complexity index is 764. The second-order valence-corrected chi connectivity index (χ2v) is 6.79. The molecule has 6 nitrogen and oxygen atoms in total. The van der Waals surface area contributed by atoms with Crippen LogP contribution in [-0.4, -0.2) is 47.2 Å². The second-order valence-electron chi connectivity index (χ2n) is 6.38. The van der Waals surface area contributed by atoms with Gasteiger partial charge in [0.15, 0.2) is 0 Å². The van der Waals surface area contributed by atoms with Crippen LogP contribution in [0.25, 0.3) is 0 Å². The van der Waals surface area contributed by atoms with Gasteiger partial charge in [0.1, 0.15) is 0 Å². The van der Waals surface area contributed by atoms with Crippen molar-refractivity contribution in [3.05, 3.63) is 40.6 Å². The Morgan fingerprint density at radius 1 is 1.21 bits per heavy atom. The number of nitrogens with zero attached hydrogens (tertiary/aromatic N) is 4. The highest BCUT2D eigenvalue weighted by Crippen LogP contribution is 2.39. The van der Waals surface area contributed by atoms with Crippen molar-refractivity contribution in [3.8, 4) is 0 Å². The summed E-state index contributed by atoms with van der Waals surface area (Å²) in [6.45, 7) is 4.80. The smallest absolute Gasteiger partial charge is 0.311 e. The molecule has 0 unspecified atom stereocenters. The second kappa shape index (κ2) is 6.09. The summed E-state index contributed by atoms with van der Waals surface area (Å²) in [5.41, 5.74) is 2.20. The van der Waals surface area contributed by atoms with Gasteiger partial charge in [0.25, 0.3) is 0 Å². The van der Waals surface area contributed by atoms with E-state index in [1.54, 1.807) is 4.90 Å². The van der Waals surface area contributed by atoms with Gasteiger partial charge in [0, 0.05) is 42.8 Å². The molecule has 1 aliphatic carbocycles. The van der Waals surface area contributed by atoms with Gasteiger partial charge in [0.05, 0.1) is 0 Å². The van der Waals surface area contributed by atoms with Crippen LogP contribution in [0.4, 0.5) is 5.69 Å². The van der Waals surface area contributed by atoms with Gasteiger partial charge < -0.3 is 14.2 Å². The summed E-state index contributed by atoms with van der Waals surface area (Å²) in [6.07, 6.45) is 2.15. The fraction of sp³-hybridized carbons (Fsp3) is 0.471. The average molecular weight is 347 g/mol. The van der Waals surface area contributed by atoms with Crippen molar-refractivity contribution in [2.45, 2.75) is 25.7 Å². The van der Waals surface area contributed by atoms with E-state index in [1.165, 1.54) is 0 Å². The SMILES string of the molecule is Cc1c(Cl)cccc1N1CCN(C(=O)c2nnc(C3CC3)o2)CC1. The minimum Gasteiger partial charge on any atom is -0.417 e. The molecule has 0 radical (unpaired) electrons. The molecule has 7 heteroatoms. The van der Waals surface area contributed by atoms with Gasteiger partial charge in [-0.1, -0.05) is 17.7 Å². The molecule has 0 atom stereocenters. The number of hydrogen-bond donors (Lipinski definition) is 0. The molecule has 0 spiro atoms. The Labute approximate surface area is 145 Å². The van der Waals surface area contributed by atoms with E-state index in [9.17, 15) is 4.79 Å². The molecule has 0 bridgehead atoms. The van der Waals surface area contributed by atoms with Crippen LogP contribution in [0.1, 0.15) is 40.9 Å². The summed E-state index contributed by atoms with van der Waals surface area (Å²) in [7, 11) is 0. The van der Waals surface area contributed by atoms with Crippen molar-refractivity contribution in [2.75, 3.05) is 31.1 Å². The Balaban J connectivity index is 1.41. The predicted molar refractivity (Wildman–Crippen MR) is 90.6 cm³/mol. The first-order valence-corrected chi connectivity index (χ1v) is 8.64. The molecule has 2 aliphatic rings. The standard InChI is InChI=1S/C17H19ClN4O2/c1-11-13(18)3-2-4-14(11)21-7-9-22(10-8-21)17(23)16-20-19-15(24-16)12-5-6-12/h2-4,12H,5-10H2,1H3. The number of piperazine rings is 1. The zero-order chi connectivity index (χ0) is 16.7. The Morgan fingerprint density at radius 3 is 2.67 bits per heavy atom. The predicted octanol–water partition coefficient (Wildman–Crippen LogP) is 2.87. The molecule has 1 aromatic carbocycles. The van der Waals surface area contributed by atoms with Crippen LogP contribution >= 0.6 is 11.6 Å². The molecular formula is C17H19ClN4O2. The quantitative estimate of drug-likeness (QED) is 0.855. The Morgan fingerprint density at radius 2 is 1.96 bits per heavy atom. The molecular weight excluding hydrogens is 328 g/mol. The van der Waals surface area contributed by atoms with E-state index < -0.39 is 0 Å². The first-order chi connectivity index (χ1) is 11.6. The lowest BCUT2D eigenvalue weighted by Crippen LogP contribution is -2.49. The third kappa shape index (κ3) is 2.86. The normalized spacial score (nSPS) is 18.1. The number of amides is 1. The molecule has 1 saturated heterocycles. The average Bonchev–Trinajstić information content (AvgIpc) is 3.34. The molecule has 1 aromatic heterocycles. The number of anilines is 1. The number of rotatable bonds is 3. The molecule has 1 saturated carbocycles. The van der Waals surface area contributed by atoms with E-state index in [2.05, 4.69) is 21.2 Å². The van der Waals surface area contributed by atoms with Crippen molar-refractivity contribution in [1.29, 1.82) is 0 Å². The molecule has 1 amide bonds. The number of benzene rings is 1. The largest absolute Gasteiger partial charge is 0.417 e. The first kappa shape index (κ1) is 15.4. The molecule has 24 heavy (non-hydrogen) atoms. The van der Waals surface area contributed by atoms with Crippen LogP contribution < -0.4 is 4.90 Å². The van der Waals surface area contributed by atoms with E-state index in [1.807, 2.05) is 19.1 Å². The van der Waals surface area contributed by atoms with E-state index in [0.717, 1.165) is 42.2 Å². The monoisotopic (exact) mass is 346 g/mol. The highest BCUT2D eigenvalue weighted by molar-refractivity contribution is 6.31. The van der Waals surface area contributed by atoms with Gasteiger partial charge in [-0.25, -0.2) is 0 Å². The van der Waals surface area contributed by atoms with E-state index in [0.29, 0.717) is 24.9 Å². The molecule has 2 heterocycles. The van der Waals surface area contributed by atoms with Gasteiger partial charge in [-0.05, 0) is 37.5 Å². The first-order valence-electron chi connectivity index (χ1n) is 8.26. The van der Waals surface area contributed by atoms with Crippen LogP contribution in [-0.2, 0) is 0 Å². The highest BCUT2D eigenvalue weighted by atomic mass is 35.5. The van der Waals surface area contributed by atoms with E-state index >= 15 is 0 Å². The van der Waals surface area contributed by atoms with Crippen LogP contribution in [0.3, 0.4) is 0 Å². The minimum atomic E-state index is -0.170. The minimum absolute atomic E-state index is 0.115.